The fourth-order valence-electron chi connectivity index (χ4n) is 2.89. The zero-order valence-corrected chi connectivity index (χ0v) is 17.2. The molecule has 0 atom stereocenters. The molecule has 30 heavy (non-hydrogen) atoms. The van der Waals surface area contributed by atoms with E-state index in [0.717, 1.165) is 0 Å². The van der Waals surface area contributed by atoms with Crippen LogP contribution in [0.3, 0.4) is 0 Å². The Morgan fingerprint density at radius 1 is 1.17 bits per heavy atom. The molecule has 2 heterocycles. The van der Waals surface area contributed by atoms with Crippen LogP contribution in [0, 0.1) is 5.92 Å². The molecule has 0 aliphatic carbocycles. The Labute approximate surface area is 178 Å². The summed E-state index contributed by atoms with van der Waals surface area (Å²) in [5.41, 5.74) is 0.783. The number of carbonyl (C=O) groups is 4. The lowest BCUT2D eigenvalue weighted by molar-refractivity contribution is -0.119. The van der Waals surface area contributed by atoms with Gasteiger partial charge in [0, 0.05) is 12.7 Å². The molecule has 1 N–H and O–H groups in total. The number of halogens is 1. The summed E-state index contributed by atoms with van der Waals surface area (Å²) in [5.74, 6) is -1.85. The smallest absolute Gasteiger partial charge is 0.338 e. The van der Waals surface area contributed by atoms with Gasteiger partial charge in [0.25, 0.3) is 17.7 Å². The highest BCUT2D eigenvalue weighted by molar-refractivity contribution is 6.32. The van der Waals surface area contributed by atoms with Crippen molar-refractivity contribution < 1.29 is 23.9 Å². The molecule has 1 aromatic heterocycles. The summed E-state index contributed by atoms with van der Waals surface area (Å²) in [6.45, 7) is 3.78. The Hall–Kier alpha value is -3.26. The number of nitrogens with zero attached hydrogens (tertiary/aromatic N) is 2. The minimum atomic E-state index is -0.786. The number of rotatable bonds is 7. The highest BCUT2D eigenvalue weighted by atomic mass is 35.5. The molecule has 0 spiro atoms. The van der Waals surface area contributed by atoms with E-state index in [1.165, 1.54) is 29.3 Å². The third-order valence-electron chi connectivity index (χ3n) is 4.50. The van der Waals surface area contributed by atoms with Crippen molar-refractivity contribution in [1.29, 1.82) is 0 Å². The number of anilines is 1. The molecule has 0 saturated heterocycles. The summed E-state index contributed by atoms with van der Waals surface area (Å²) >= 11 is 5.86. The molecule has 0 unspecified atom stereocenters. The lowest BCUT2D eigenvalue weighted by Gasteiger charge is -2.14. The fraction of sp³-hybridized carbons (Fsp3) is 0.286. The van der Waals surface area contributed by atoms with Gasteiger partial charge in [-0.3, -0.25) is 19.3 Å². The molecule has 0 bridgehead atoms. The van der Waals surface area contributed by atoms with Gasteiger partial charge in [0.05, 0.1) is 22.4 Å². The molecule has 0 radical (unpaired) electrons. The summed E-state index contributed by atoms with van der Waals surface area (Å²) in [4.78, 5) is 54.3. The van der Waals surface area contributed by atoms with Gasteiger partial charge in [-0.25, -0.2) is 9.78 Å². The molecule has 2 aromatic rings. The number of carbonyl (C=O) groups excluding carboxylic acids is 4. The lowest BCUT2D eigenvalue weighted by atomic mass is 10.1. The van der Waals surface area contributed by atoms with Crippen molar-refractivity contribution in [3.63, 3.8) is 0 Å². The number of fused-ring (bicyclic) bond motifs is 1. The molecule has 0 saturated carbocycles. The van der Waals surface area contributed by atoms with Crippen LogP contribution in [0.4, 0.5) is 5.69 Å². The fourth-order valence-corrected chi connectivity index (χ4v) is 3.05. The van der Waals surface area contributed by atoms with E-state index in [9.17, 15) is 19.2 Å². The van der Waals surface area contributed by atoms with Crippen LogP contribution in [0.25, 0.3) is 0 Å². The normalized spacial score (nSPS) is 12.9. The third kappa shape index (κ3) is 4.65. The SMILES string of the molecule is CC(C)CCN1C(=O)c2ccc(C(=O)OCC(=O)Nc3cccnc3Cl)cc2C1=O. The number of amides is 3. The predicted molar refractivity (Wildman–Crippen MR) is 109 cm³/mol. The number of nitrogens with one attached hydrogen (secondary N) is 1. The van der Waals surface area contributed by atoms with Gasteiger partial charge >= 0.3 is 5.97 Å². The summed E-state index contributed by atoms with van der Waals surface area (Å²) < 4.78 is 5.01. The predicted octanol–water partition coefficient (Wildman–Crippen LogP) is 3.17. The zero-order chi connectivity index (χ0) is 21.8. The molecule has 3 amide bonds. The van der Waals surface area contributed by atoms with Crippen LogP contribution in [0.15, 0.2) is 36.5 Å². The number of aromatic nitrogens is 1. The van der Waals surface area contributed by atoms with Gasteiger partial charge in [-0.05, 0) is 42.7 Å². The average molecular weight is 430 g/mol. The Balaban J connectivity index is 1.63. The van der Waals surface area contributed by atoms with E-state index in [0.29, 0.717) is 24.6 Å². The van der Waals surface area contributed by atoms with Gasteiger partial charge in [-0.1, -0.05) is 25.4 Å². The van der Waals surface area contributed by atoms with Crippen LogP contribution in [0.5, 0.6) is 0 Å². The monoisotopic (exact) mass is 429 g/mol. The maximum absolute atomic E-state index is 12.6. The minimum Gasteiger partial charge on any atom is -0.452 e. The van der Waals surface area contributed by atoms with Crippen LogP contribution in [-0.2, 0) is 9.53 Å². The van der Waals surface area contributed by atoms with Crippen molar-refractivity contribution in [3.05, 3.63) is 58.4 Å². The zero-order valence-electron chi connectivity index (χ0n) is 16.5. The number of esters is 1. The van der Waals surface area contributed by atoms with Crippen LogP contribution in [0.1, 0.15) is 51.3 Å². The molecule has 156 valence electrons. The standard InChI is InChI=1S/C21H20ClN3O5/c1-12(2)7-9-25-19(27)14-6-5-13(10-15(14)20(25)28)21(29)30-11-17(26)24-16-4-3-8-23-18(16)22/h3-6,8,10,12H,7,9,11H2,1-2H3,(H,24,26). The molecule has 8 nitrogen and oxygen atoms in total. The van der Waals surface area contributed by atoms with Gasteiger partial charge in [0.1, 0.15) is 0 Å². The van der Waals surface area contributed by atoms with Gasteiger partial charge in [0.15, 0.2) is 11.8 Å². The Kier molecular flexibility index (Phi) is 6.47. The van der Waals surface area contributed by atoms with E-state index in [2.05, 4.69) is 10.3 Å². The number of ether oxygens (including phenoxy) is 1. The van der Waals surface area contributed by atoms with Crippen LogP contribution < -0.4 is 5.32 Å². The van der Waals surface area contributed by atoms with E-state index in [1.807, 2.05) is 13.8 Å². The van der Waals surface area contributed by atoms with Gasteiger partial charge in [-0.2, -0.15) is 0 Å². The highest BCUT2D eigenvalue weighted by Crippen LogP contribution is 2.25. The first kappa shape index (κ1) is 21.4. The van der Waals surface area contributed by atoms with E-state index in [4.69, 9.17) is 16.3 Å². The Bertz CT molecular complexity index is 1020. The van der Waals surface area contributed by atoms with Crippen molar-refractivity contribution in [2.45, 2.75) is 20.3 Å². The topological polar surface area (TPSA) is 106 Å². The second-order valence-corrected chi connectivity index (χ2v) is 7.53. The van der Waals surface area contributed by atoms with Crippen molar-refractivity contribution in [2.24, 2.45) is 5.92 Å². The van der Waals surface area contributed by atoms with Crippen molar-refractivity contribution in [2.75, 3.05) is 18.5 Å². The molecule has 1 aromatic carbocycles. The van der Waals surface area contributed by atoms with Gasteiger partial charge in [-0.15, -0.1) is 0 Å². The first-order valence-electron chi connectivity index (χ1n) is 9.35. The largest absolute Gasteiger partial charge is 0.452 e. The maximum Gasteiger partial charge on any atom is 0.338 e. The van der Waals surface area contributed by atoms with Crippen LogP contribution >= 0.6 is 11.6 Å². The van der Waals surface area contributed by atoms with E-state index >= 15 is 0 Å². The van der Waals surface area contributed by atoms with Gasteiger partial charge < -0.3 is 10.1 Å². The Morgan fingerprint density at radius 3 is 2.60 bits per heavy atom. The number of hydrogen-bond donors (Lipinski definition) is 1. The van der Waals surface area contributed by atoms with E-state index < -0.39 is 24.4 Å². The first-order chi connectivity index (χ1) is 14.3. The Morgan fingerprint density at radius 2 is 1.90 bits per heavy atom. The second-order valence-electron chi connectivity index (χ2n) is 7.17. The first-order valence-corrected chi connectivity index (χ1v) is 9.73. The number of imide groups is 1. The molecular formula is C21H20ClN3O5. The van der Waals surface area contributed by atoms with E-state index in [-0.39, 0.29) is 27.8 Å². The third-order valence-corrected chi connectivity index (χ3v) is 4.81. The van der Waals surface area contributed by atoms with Crippen molar-refractivity contribution in [1.82, 2.24) is 9.88 Å². The molecule has 9 heteroatoms. The summed E-state index contributed by atoms with van der Waals surface area (Å²) in [7, 11) is 0. The number of hydrogen-bond acceptors (Lipinski definition) is 6. The molecule has 0 fully saturated rings. The van der Waals surface area contributed by atoms with E-state index in [1.54, 1.807) is 12.1 Å². The quantitative estimate of drug-likeness (QED) is 0.411. The number of pyridine rings is 1. The molecular weight excluding hydrogens is 410 g/mol. The van der Waals surface area contributed by atoms with Crippen molar-refractivity contribution in [3.8, 4) is 0 Å². The number of benzene rings is 1. The minimum absolute atomic E-state index is 0.0767. The van der Waals surface area contributed by atoms with Gasteiger partial charge in [0.2, 0.25) is 0 Å². The molecule has 1 aliphatic rings. The highest BCUT2D eigenvalue weighted by Gasteiger charge is 2.35. The lowest BCUT2D eigenvalue weighted by Crippen LogP contribution is -2.31. The second kappa shape index (κ2) is 9.04. The average Bonchev–Trinajstić information content (AvgIpc) is 2.96. The molecule has 1 aliphatic heterocycles. The summed E-state index contributed by atoms with van der Waals surface area (Å²) in [5, 5.41) is 2.60. The summed E-state index contributed by atoms with van der Waals surface area (Å²) in [6.07, 6.45) is 2.16. The van der Waals surface area contributed by atoms with Crippen LogP contribution in [-0.4, -0.2) is 46.7 Å². The van der Waals surface area contributed by atoms with Crippen molar-refractivity contribution >= 4 is 41.0 Å². The maximum atomic E-state index is 12.6. The molecule has 3 rings (SSSR count). The summed E-state index contributed by atoms with van der Waals surface area (Å²) in [6, 6.07) is 7.30. The van der Waals surface area contributed by atoms with Crippen LogP contribution in [0.2, 0.25) is 5.15 Å².